The molecule has 0 N–H and O–H groups in total. The van der Waals surface area contributed by atoms with Crippen LogP contribution in [0.15, 0.2) is 144 Å². The Morgan fingerprint density at radius 1 is 0.511 bits per heavy atom. The van der Waals surface area contributed by atoms with E-state index >= 15 is 0 Å². The number of hydrogen-bond acceptors (Lipinski definition) is 4. The number of ether oxygens (including phenoxy) is 1. The molecule has 0 fully saturated rings. The van der Waals surface area contributed by atoms with Crippen molar-refractivity contribution >= 4 is 43.9 Å². The molecule has 5 nitrogen and oxygen atoms in total. The maximum atomic E-state index is 6.52. The lowest BCUT2D eigenvalue weighted by molar-refractivity contribution is 0.476. The van der Waals surface area contributed by atoms with Crippen molar-refractivity contribution in [1.29, 1.82) is 0 Å². The van der Waals surface area contributed by atoms with Gasteiger partial charge in [0, 0.05) is 32.8 Å². The monoisotopic (exact) mass is 577 g/mol. The van der Waals surface area contributed by atoms with E-state index in [9.17, 15) is 0 Å². The SMILES string of the molecule is c1ccc(-c2nc(-c3ccccc3)c3oc4ccc(-c5cccc6c7cccc8c7n(c56)-c5ccccc5O8)cc4c3n2)cc1. The number of aromatic nitrogens is 3. The highest BCUT2D eigenvalue weighted by Gasteiger charge is 2.25. The Hall–Kier alpha value is -6.20. The quantitative estimate of drug-likeness (QED) is 0.210. The van der Waals surface area contributed by atoms with Crippen molar-refractivity contribution in [1.82, 2.24) is 14.5 Å². The molecule has 4 heterocycles. The van der Waals surface area contributed by atoms with E-state index in [1.54, 1.807) is 0 Å². The molecule has 0 saturated carbocycles. The van der Waals surface area contributed by atoms with E-state index in [1.165, 1.54) is 10.8 Å². The summed E-state index contributed by atoms with van der Waals surface area (Å²) in [4.78, 5) is 10.1. The third-order valence-electron chi connectivity index (χ3n) is 8.80. The largest absolute Gasteiger partial charge is 0.453 e. The number of para-hydroxylation sites is 4. The minimum atomic E-state index is 0.670. The maximum Gasteiger partial charge on any atom is 0.180 e. The van der Waals surface area contributed by atoms with Gasteiger partial charge < -0.3 is 13.7 Å². The predicted octanol–water partition coefficient (Wildman–Crippen LogP) is 10.6. The Morgan fingerprint density at radius 2 is 1.22 bits per heavy atom. The molecule has 0 unspecified atom stereocenters. The Balaban J connectivity index is 1.27. The van der Waals surface area contributed by atoms with Crippen LogP contribution in [0.1, 0.15) is 0 Å². The zero-order valence-electron chi connectivity index (χ0n) is 23.9. The average Bonchev–Trinajstić information content (AvgIpc) is 3.65. The van der Waals surface area contributed by atoms with Crippen LogP contribution in [0.25, 0.3) is 83.3 Å². The van der Waals surface area contributed by atoms with Gasteiger partial charge in [0.1, 0.15) is 16.8 Å². The first-order chi connectivity index (χ1) is 22.3. The zero-order chi connectivity index (χ0) is 29.5. The van der Waals surface area contributed by atoms with Crippen molar-refractivity contribution in [3.8, 4) is 51.0 Å². The molecular weight excluding hydrogens is 554 g/mol. The highest BCUT2D eigenvalue weighted by Crippen LogP contribution is 2.47. The summed E-state index contributed by atoms with van der Waals surface area (Å²) in [5.41, 5.74) is 10.5. The summed E-state index contributed by atoms with van der Waals surface area (Å²) in [6.45, 7) is 0. The molecule has 0 bridgehead atoms. The maximum absolute atomic E-state index is 6.52. The molecule has 0 amide bonds. The van der Waals surface area contributed by atoms with Crippen molar-refractivity contribution in [2.75, 3.05) is 0 Å². The fraction of sp³-hybridized carbons (Fsp3) is 0. The summed E-state index contributed by atoms with van der Waals surface area (Å²) in [7, 11) is 0. The molecule has 1 aliphatic rings. The van der Waals surface area contributed by atoms with Gasteiger partial charge in [-0.1, -0.05) is 109 Å². The number of furan rings is 1. The highest BCUT2D eigenvalue weighted by atomic mass is 16.5. The number of benzene rings is 6. The third-order valence-corrected chi connectivity index (χ3v) is 8.80. The van der Waals surface area contributed by atoms with Gasteiger partial charge in [-0.2, -0.15) is 0 Å². The van der Waals surface area contributed by atoms with E-state index in [0.29, 0.717) is 11.4 Å². The molecule has 1 aliphatic heterocycles. The fourth-order valence-electron chi connectivity index (χ4n) is 6.81. The summed E-state index contributed by atoms with van der Waals surface area (Å²) in [6.07, 6.45) is 0. The van der Waals surface area contributed by atoms with Crippen molar-refractivity contribution in [2.45, 2.75) is 0 Å². The van der Waals surface area contributed by atoms with Gasteiger partial charge in [-0.15, -0.1) is 0 Å². The lowest BCUT2D eigenvalue weighted by Gasteiger charge is -2.21. The molecule has 210 valence electrons. The lowest BCUT2D eigenvalue weighted by atomic mass is 10.00. The predicted molar refractivity (Wildman–Crippen MR) is 180 cm³/mol. The first kappa shape index (κ1) is 24.3. The van der Waals surface area contributed by atoms with E-state index in [0.717, 1.165) is 72.7 Å². The second-order valence-corrected chi connectivity index (χ2v) is 11.4. The Kier molecular flexibility index (Phi) is 4.93. The molecule has 3 aromatic heterocycles. The molecule has 0 spiro atoms. The first-order valence-corrected chi connectivity index (χ1v) is 15.0. The minimum absolute atomic E-state index is 0.670. The molecule has 9 aromatic rings. The molecular formula is C40H23N3O2. The first-order valence-electron chi connectivity index (χ1n) is 15.0. The van der Waals surface area contributed by atoms with Crippen molar-refractivity contribution < 1.29 is 9.15 Å². The van der Waals surface area contributed by atoms with Crippen molar-refractivity contribution in [2.24, 2.45) is 0 Å². The van der Waals surface area contributed by atoms with Crippen molar-refractivity contribution in [3.63, 3.8) is 0 Å². The molecule has 0 atom stereocenters. The number of fused-ring (bicyclic) bond motifs is 8. The smallest absolute Gasteiger partial charge is 0.180 e. The van der Waals surface area contributed by atoms with Gasteiger partial charge >= 0.3 is 0 Å². The van der Waals surface area contributed by atoms with E-state index in [1.807, 2.05) is 66.7 Å². The Bertz CT molecular complexity index is 2620. The van der Waals surface area contributed by atoms with Crippen LogP contribution in [0, 0.1) is 0 Å². The second kappa shape index (κ2) is 9.15. The van der Waals surface area contributed by atoms with Crippen LogP contribution in [-0.4, -0.2) is 14.5 Å². The fourth-order valence-corrected chi connectivity index (χ4v) is 6.81. The van der Waals surface area contributed by atoms with Crippen LogP contribution in [0.3, 0.4) is 0 Å². The van der Waals surface area contributed by atoms with E-state index in [2.05, 4.69) is 77.4 Å². The van der Waals surface area contributed by atoms with Crippen molar-refractivity contribution in [3.05, 3.63) is 140 Å². The molecule has 0 aliphatic carbocycles. The normalized spacial score (nSPS) is 12.2. The number of rotatable bonds is 3. The summed E-state index contributed by atoms with van der Waals surface area (Å²) in [6, 6.07) is 47.8. The van der Waals surface area contributed by atoms with Crippen LogP contribution in [0.4, 0.5) is 0 Å². The summed E-state index contributed by atoms with van der Waals surface area (Å²) >= 11 is 0. The van der Waals surface area contributed by atoms with Crippen LogP contribution < -0.4 is 4.74 Å². The Labute approximate surface area is 257 Å². The van der Waals surface area contributed by atoms with Gasteiger partial charge in [-0.05, 0) is 35.9 Å². The highest BCUT2D eigenvalue weighted by molar-refractivity contribution is 6.17. The Morgan fingerprint density at radius 3 is 2.07 bits per heavy atom. The van der Waals surface area contributed by atoms with Gasteiger partial charge in [0.05, 0.1) is 16.7 Å². The molecule has 0 radical (unpaired) electrons. The molecule has 5 heteroatoms. The zero-order valence-corrected chi connectivity index (χ0v) is 23.9. The topological polar surface area (TPSA) is 53.1 Å². The van der Waals surface area contributed by atoms with Crippen LogP contribution in [0.5, 0.6) is 11.5 Å². The standard InChI is InChI=1S/C40H23N3O2/c1-3-11-24(12-4-1)35-39-36(42-40(41-35)25-13-5-2-6-14-25)30-23-26(21-22-32(30)45-39)27-15-9-16-28-29-17-10-20-34-38(29)43(37(27)28)31-18-7-8-19-33(31)44-34/h1-23H. The molecule has 0 saturated heterocycles. The summed E-state index contributed by atoms with van der Waals surface area (Å²) in [5, 5.41) is 3.30. The number of hydrogen-bond donors (Lipinski definition) is 0. The molecule has 45 heavy (non-hydrogen) atoms. The van der Waals surface area contributed by atoms with Crippen LogP contribution >= 0.6 is 0 Å². The summed E-state index contributed by atoms with van der Waals surface area (Å²) in [5.74, 6) is 2.38. The van der Waals surface area contributed by atoms with Gasteiger partial charge in [0.25, 0.3) is 0 Å². The van der Waals surface area contributed by atoms with E-state index in [4.69, 9.17) is 19.1 Å². The average molecular weight is 578 g/mol. The van der Waals surface area contributed by atoms with Crippen LogP contribution in [0.2, 0.25) is 0 Å². The van der Waals surface area contributed by atoms with Gasteiger partial charge in [-0.25, -0.2) is 9.97 Å². The number of nitrogens with zero attached hydrogens (tertiary/aromatic N) is 3. The van der Waals surface area contributed by atoms with Gasteiger partial charge in [0.15, 0.2) is 22.9 Å². The van der Waals surface area contributed by atoms with E-state index in [-0.39, 0.29) is 0 Å². The second-order valence-electron chi connectivity index (χ2n) is 11.4. The van der Waals surface area contributed by atoms with Gasteiger partial charge in [-0.3, -0.25) is 0 Å². The van der Waals surface area contributed by atoms with E-state index < -0.39 is 0 Å². The summed E-state index contributed by atoms with van der Waals surface area (Å²) < 4.78 is 15.2. The molecule has 10 rings (SSSR count). The molecule has 6 aromatic carbocycles. The van der Waals surface area contributed by atoms with Crippen LogP contribution in [-0.2, 0) is 0 Å². The third kappa shape index (κ3) is 3.49. The van der Waals surface area contributed by atoms with Gasteiger partial charge in [0.2, 0.25) is 0 Å². The lowest BCUT2D eigenvalue weighted by Crippen LogP contribution is -2.04. The minimum Gasteiger partial charge on any atom is -0.453 e.